The average molecular weight is 415 g/mol. The van der Waals surface area contributed by atoms with Crippen molar-refractivity contribution in [3.8, 4) is 5.69 Å². The van der Waals surface area contributed by atoms with Crippen molar-refractivity contribution >= 4 is 35.0 Å². The predicted molar refractivity (Wildman–Crippen MR) is 106 cm³/mol. The number of hydrogen-bond donors (Lipinski definition) is 1. The molecule has 0 aliphatic heterocycles. The second kappa shape index (κ2) is 8.53. The van der Waals surface area contributed by atoms with Crippen molar-refractivity contribution in [3.63, 3.8) is 0 Å². The van der Waals surface area contributed by atoms with Crippen LogP contribution in [0, 0.1) is 10.1 Å². The minimum absolute atomic E-state index is 0.0246. The van der Waals surface area contributed by atoms with Gasteiger partial charge in [-0.1, -0.05) is 29.8 Å². The van der Waals surface area contributed by atoms with Crippen LogP contribution < -0.4 is 5.32 Å². The third kappa shape index (κ3) is 4.25. The molecule has 10 heteroatoms. The maximum atomic E-state index is 12.8. The Kier molecular flexibility index (Phi) is 5.89. The Bertz CT molecular complexity index is 1080. The SMILES string of the molecule is CCOC(=O)c1cnn(-c2ccccc2)c1NC(=O)c1cc([N+](=O)[O-])ccc1Cl. The van der Waals surface area contributed by atoms with Crippen LogP contribution in [0.3, 0.4) is 0 Å². The summed E-state index contributed by atoms with van der Waals surface area (Å²) in [4.78, 5) is 35.5. The Morgan fingerprint density at radius 3 is 2.59 bits per heavy atom. The molecule has 2 aromatic carbocycles. The first kappa shape index (κ1) is 20.0. The Morgan fingerprint density at radius 1 is 1.21 bits per heavy atom. The molecule has 1 aromatic heterocycles. The number of amides is 1. The first-order valence-corrected chi connectivity index (χ1v) is 8.86. The van der Waals surface area contributed by atoms with E-state index in [0.29, 0.717) is 5.69 Å². The van der Waals surface area contributed by atoms with Gasteiger partial charge < -0.3 is 10.1 Å². The van der Waals surface area contributed by atoms with Gasteiger partial charge in [0.05, 0.1) is 34.0 Å². The lowest BCUT2D eigenvalue weighted by Gasteiger charge is -2.12. The van der Waals surface area contributed by atoms with Gasteiger partial charge in [0.25, 0.3) is 11.6 Å². The number of hydrogen-bond acceptors (Lipinski definition) is 6. The number of anilines is 1. The van der Waals surface area contributed by atoms with Crippen LogP contribution >= 0.6 is 11.6 Å². The predicted octanol–water partition coefficient (Wildman–Crippen LogP) is 3.86. The molecule has 0 saturated carbocycles. The minimum atomic E-state index is -0.734. The van der Waals surface area contributed by atoms with Gasteiger partial charge in [-0.3, -0.25) is 14.9 Å². The fourth-order valence-corrected chi connectivity index (χ4v) is 2.77. The number of aromatic nitrogens is 2. The molecule has 0 fully saturated rings. The molecule has 3 aromatic rings. The van der Waals surface area contributed by atoms with Crippen molar-refractivity contribution in [1.29, 1.82) is 0 Å². The number of benzene rings is 2. The molecule has 3 rings (SSSR count). The van der Waals surface area contributed by atoms with Crippen molar-refractivity contribution in [1.82, 2.24) is 9.78 Å². The first-order valence-electron chi connectivity index (χ1n) is 8.48. The molecular formula is C19H15ClN4O5. The molecule has 0 aliphatic carbocycles. The van der Waals surface area contributed by atoms with Crippen LogP contribution in [0.2, 0.25) is 5.02 Å². The van der Waals surface area contributed by atoms with E-state index in [1.54, 1.807) is 37.3 Å². The number of nitrogens with one attached hydrogen (secondary N) is 1. The van der Waals surface area contributed by atoms with E-state index in [0.717, 1.165) is 6.07 Å². The smallest absolute Gasteiger partial charge is 0.343 e. The highest BCUT2D eigenvalue weighted by Gasteiger charge is 2.24. The molecule has 1 amide bonds. The number of halogens is 1. The second-order valence-electron chi connectivity index (χ2n) is 5.75. The highest BCUT2D eigenvalue weighted by molar-refractivity contribution is 6.34. The Balaban J connectivity index is 2.04. The molecule has 0 unspecified atom stereocenters. The fraction of sp³-hybridized carbons (Fsp3) is 0.105. The fourth-order valence-electron chi connectivity index (χ4n) is 2.57. The number of ether oxygens (including phenoxy) is 1. The summed E-state index contributed by atoms with van der Waals surface area (Å²) >= 11 is 6.05. The first-order chi connectivity index (χ1) is 13.9. The zero-order valence-corrected chi connectivity index (χ0v) is 15.9. The standard InChI is InChI=1S/C19H15ClN4O5/c1-2-29-19(26)15-11-21-23(12-6-4-3-5-7-12)17(15)22-18(25)14-10-13(24(27)28)8-9-16(14)20/h3-11H,2H2,1H3,(H,22,25). The number of nitro groups is 1. The normalized spacial score (nSPS) is 10.4. The molecule has 0 atom stereocenters. The van der Waals surface area contributed by atoms with E-state index < -0.39 is 16.8 Å². The summed E-state index contributed by atoms with van der Waals surface area (Å²) in [5.41, 5.74) is 0.215. The van der Waals surface area contributed by atoms with Crippen LogP contribution in [0.5, 0.6) is 0 Å². The van der Waals surface area contributed by atoms with E-state index in [9.17, 15) is 19.7 Å². The summed E-state index contributed by atoms with van der Waals surface area (Å²) in [6.45, 7) is 1.79. The van der Waals surface area contributed by atoms with Crippen LogP contribution in [0.15, 0.2) is 54.7 Å². The van der Waals surface area contributed by atoms with Crippen LogP contribution in [-0.4, -0.2) is 33.2 Å². The van der Waals surface area contributed by atoms with Gasteiger partial charge in [-0.05, 0) is 25.1 Å². The summed E-state index contributed by atoms with van der Waals surface area (Å²) in [5.74, 6) is -1.35. The van der Waals surface area contributed by atoms with Crippen molar-refractivity contribution < 1.29 is 19.2 Å². The number of nitro benzene ring substituents is 1. The lowest BCUT2D eigenvalue weighted by atomic mass is 10.2. The van der Waals surface area contributed by atoms with E-state index in [-0.39, 0.29) is 34.3 Å². The molecule has 148 valence electrons. The molecule has 1 N–H and O–H groups in total. The molecule has 1 heterocycles. The van der Waals surface area contributed by atoms with Gasteiger partial charge in [0, 0.05) is 12.1 Å². The molecule has 0 bridgehead atoms. The van der Waals surface area contributed by atoms with Crippen LogP contribution in [0.25, 0.3) is 5.69 Å². The summed E-state index contributed by atoms with van der Waals surface area (Å²) in [6, 6.07) is 12.3. The Morgan fingerprint density at radius 2 is 1.93 bits per heavy atom. The Labute approximate surface area is 170 Å². The third-order valence-electron chi connectivity index (χ3n) is 3.90. The zero-order valence-electron chi connectivity index (χ0n) is 15.2. The van der Waals surface area contributed by atoms with Gasteiger partial charge in [0.1, 0.15) is 5.56 Å². The lowest BCUT2D eigenvalue weighted by molar-refractivity contribution is -0.384. The lowest BCUT2D eigenvalue weighted by Crippen LogP contribution is -2.18. The van der Waals surface area contributed by atoms with Crippen molar-refractivity contribution in [3.05, 3.63) is 81.0 Å². The number of rotatable bonds is 6. The monoisotopic (exact) mass is 414 g/mol. The number of esters is 1. The van der Waals surface area contributed by atoms with E-state index >= 15 is 0 Å². The van der Waals surface area contributed by atoms with Crippen molar-refractivity contribution in [2.75, 3.05) is 11.9 Å². The van der Waals surface area contributed by atoms with Gasteiger partial charge in [-0.15, -0.1) is 0 Å². The molecule has 0 aliphatic rings. The van der Waals surface area contributed by atoms with E-state index in [2.05, 4.69) is 10.4 Å². The van der Waals surface area contributed by atoms with Crippen LogP contribution in [0.1, 0.15) is 27.6 Å². The Hall–Kier alpha value is -3.72. The molecular weight excluding hydrogens is 400 g/mol. The van der Waals surface area contributed by atoms with Gasteiger partial charge in [-0.25, -0.2) is 9.48 Å². The maximum Gasteiger partial charge on any atom is 0.343 e. The summed E-state index contributed by atoms with van der Waals surface area (Å²) in [6.07, 6.45) is 1.27. The second-order valence-corrected chi connectivity index (χ2v) is 6.16. The molecule has 0 spiro atoms. The molecule has 9 nitrogen and oxygen atoms in total. The molecule has 29 heavy (non-hydrogen) atoms. The van der Waals surface area contributed by atoms with E-state index in [1.807, 2.05) is 0 Å². The van der Waals surface area contributed by atoms with Gasteiger partial charge in [0.2, 0.25) is 0 Å². The van der Waals surface area contributed by atoms with Gasteiger partial charge in [-0.2, -0.15) is 5.10 Å². The average Bonchev–Trinajstić information content (AvgIpc) is 3.12. The summed E-state index contributed by atoms with van der Waals surface area (Å²) in [7, 11) is 0. The summed E-state index contributed by atoms with van der Waals surface area (Å²) in [5, 5.41) is 17.8. The van der Waals surface area contributed by atoms with E-state index in [4.69, 9.17) is 16.3 Å². The number of carbonyl (C=O) groups is 2. The van der Waals surface area contributed by atoms with Gasteiger partial charge >= 0.3 is 5.97 Å². The topological polar surface area (TPSA) is 116 Å². The third-order valence-corrected chi connectivity index (χ3v) is 4.23. The van der Waals surface area contributed by atoms with Crippen molar-refractivity contribution in [2.24, 2.45) is 0 Å². The van der Waals surface area contributed by atoms with E-state index in [1.165, 1.54) is 23.0 Å². The zero-order chi connectivity index (χ0) is 21.0. The van der Waals surface area contributed by atoms with Crippen LogP contribution in [0.4, 0.5) is 11.5 Å². The number of para-hydroxylation sites is 1. The number of nitrogens with zero attached hydrogens (tertiary/aromatic N) is 3. The molecule has 0 radical (unpaired) electrons. The quantitative estimate of drug-likeness (QED) is 0.372. The molecule has 0 saturated heterocycles. The number of non-ortho nitro benzene ring substituents is 1. The highest BCUT2D eigenvalue weighted by atomic mass is 35.5. The largest absolute Gasteiger partial charge is 0.462 e. The maximum absolute atomic E-state index is 12.8. The van der Waals surface area contributed by atoms with Crippen LogP contribution in [-0.2, 0) is 4.74 Å². The van der Waals surface area contributed by atoms with Gasteiger partial charge in [0.15, 0.2) is 5.82 Å². The van der Waals surface area contributed by atoms with Crippen molar-refractivity contribution in [2.45, 2.75) is 6.92 Å². The minimum Gasteiger partial charge on any atom is -0.462 e. The summed E-state index contributed by atoms with van der Waals surface area (Å²) < 4.78 is 6.38. The highest BCUT2D eigenvalue weighted by Crippen LogP contribution is 2.26. The number of carbonyl (C=O) groups excluding carboxylic acids is 2.